The van der Waals surface area contributed by atoms with E-state index in [0.717, 1.165) is 6.92 Å². The van der Waals surface area contributed by atoms with Gasteiger partial charge < -0.3 is 10.1 Å². The Balaban J connectivity index is 2.14. The van der Waals surface area contributed by atoms with Crippen molar-refractivity contribution in [3.63, 3.8) is 0 Å². The summed E-state index contributed by atoms with van der Waals surface area (Å²) in [6.45, 7) is 6.71. The lowest BCUT2D eigenvalue weighted by atomic mass is 10.1. The summed E-state index contributed by atoms with van der Waals surface area (Å²) in [4.78, 5) is 12.0. The quantitative estimate of drug-likeness (QED) is 0.616. The molecule has 0 aliphatic heterocycles. The van der Waals surface area contributed by atoms with E-state index in [9.17, 15) is 8.78 Å². The summed E-state index contributed by atoms with van der Waals surface area (Å²) in [5.41, 5.74) is 0.556. The third kappa shape index (κ3) is 4.20. The molecule has 0 unspecified atom stereocenters. The van der Waals surface area contributed by atoms with Crippen molar-refractivity contribution in [1.29, 1.82) is 0 Å². The number of alkyl halides is 2. The van der Waals surface area contributed by atoms with Crippen LogP contribution in [-0.4, -0.2) is 44.0 Å². The van der Waals surface area contributed by atoms with Gasteiger partial charge in [-0.2, -0.15) is 8.78 Å². The number of ether oxygens (including phenoxy) is 1. The minimum atomic E-state index is -3.17. The van der Waals surface area contributed by atoms with Gasteiger partial charge in [0.2, 0.25) is 5.82 Å². The molecule has 10 heteroatoms. The van der Waals surface area contributed by atoms with E-state index in [-0.39, 0.29) is 11.0 Å². The van der Waals surface area contributed by atoms with Crippen molar-refractivity contribution in [3.8, 4) is 5.82 Å². The highest BCUT2D eigenvalue weighted by atomic mass is 35.5. The number of anilines is 1. The fourth-order valence-electron chi connectivity index (χ4n) is 2.52. The number of fused-ring (bicyclic) bond motifs is 1. The normalized spacial score (nSPS) is 12.6. The Bertz CT molecular complexity index is 1020. The number of hydrogen-bond donors (Lipinski definition) is 1. The molecule has 3 heterocycles. The summed E-state index contributed by atoms with van der Waals surface area (Å²) < 4.78 is 34.5. The summed E-state index contributed by atoms with van der Waals surface area (Å²) in [6.07, 6.45) is 1.58. The van der Waals surface area contributed by atoms with Crippen LogP contribution in [-0.2, 0) is 10.7 Å². The van der Waals surface area contributed by atoms with Crippen LogP contribution in [0.3, 0.4) is 0 Å². The summed E-state index contributed by atoms with van der Waals surface area (Å²) in [6, 6.07) is 3.19. The molecular weight excluding hydrogens is 390 g/mol. The number of hydrogen-bond acceptors (Lipinski definition) is 6. The molecule has 28 heavy (non-hydrogen) atoms. The van der Waals surface area contributed by atoms with Crippen LogP contribution >= 0.6 is 11.6 Å². The molecule has 0 aliphatic carbocycles. The maximum absolute atomic E-state index is 13.8. The molecule has 0 aromatic carbocycles. The third-order valence-corrected chi connectivity index (χ3v) is 4.42. The average Bonchev–Trinajstić information content (AvgIpc) is 2.96. The number of pyridine rings is 1. The fourth-order valence-corrected chi connectivity index (χ4v) is 2.67. The lowest BCUT2D eigenvalue weighted by Crippen LogP contribution is -2.32. The van der Waals surface area contributed by atoms with E-state index in [1.54, 1.807) is 32.4 Å². The number of methoxy groups -OCH3 is 1. The molecule has 0 spiro atoms. The van der Waals surface area contributed by atoms with Gasteiger partial charge in [0.1, 0.15) is 5.15 Å². The van der Waals surface area contributed by atoms with Gasteiger partial charge in [0.05, 0.1) is 16.5 Å². The van der Waals surface area contributed by atoms with Gasteiger partial charge in [0.25, 0.3) is 0 Å². The van der Waals surface area contributed by atoms with Crippen LogP contribution in [0.2, 0.25) is 5.15 Å². The van der Waals surface area contributed by atoms with E-state index in [0.29, 0.717) is 29.0 Å². The monoisotopic (exact) mass is 410 g/mol. The van der Waals surface area contributed by atoms with E-state index < -0.39 is 17.3 Å². The highest BCUT2D eigenvalue weighted by Crippen LogP contribution is 2.29. The molecule has 0 saturated carbocycles. The lowest BCUT2D eigenvalue weighted by molar-refractivity contribution is 0.00746. The first-order valence-corrected chi connectivity index (χ1v) is 8.95. The zero-order valence-electron chi connectivity index (χ0n) is 16.2. The summed E-state index contributed by atoms with van der Waals surface area (Å²) in [5, 5.41) is 8.67. The molecule has 0 saturated heterocycles. The Labute approximate surface area is 166 Å². The highest BCUT2D eigenvalue weighted by Gasteiger charge is 2.29. The fraction of sp³-hybridized carbons (Fsp3) is 0.444. The highest BCUT2D eigenvalue weighted by molar-refractivity contribution is 6.30. The van der Waals surface area contributed by atoms with E-state index in [2.05, 4.69) is 25.4 Å². The van der Waals surface area contributed by atoms with Gasteiger partial charge in [-0.1, -0.05) is 11.6 Å². The molecule has 150 valence electrons. The van der Waals surface area contributed by atoms with Crippen molar-refractivity contribution >= 4 is 28.3 Å². The number of aryl methyl sites for hydroxylation is 1. The minimum absolute atomic E-state index is 0.218. The van der Waals surface area contributed by atoms with Gasteiger partial charge in [-0.05, 0) is 20.8 Å². The zero-order valence-corrected chi connectivity index (χ0v) is 17.0. The van der Waals surface area contributed by atoms with Crippen LogP contribution in [0.5, 0.6) is 0 Å². The lowest BCUT2D eigenvalue weighted by Gasteiger charge is -2.23. The topological polar surface area (TPSA) is 77.8 Å². The van der Waals surface area contributed by atoms with Crippen LogP contribution in [0.25, 0.3) is 16.7 Å². The molecule has 3 rings (SSSR count). The Hall–Kier alpha value is -2.39. The average molecular weight is 411 g/mol. The van der Waals surface area contributed by atoms with Crippen LogP contribution in [0, 0.1) is 6.92 Å². The first kappa shape index (κ1) is 20.3. The van der Waals surface area contributed by atoms with Crippen LogP contribution in [0.4, 0.5) is 14.6 Å². The second-order valence-corrected chi connectivity index (χ2v) is 7.57. The predicted molar refractivity (Wildman–Crippen MR) is 103 cm³/mol. The predicted octanol–water partition coefficient (Wildman–Crippen LogP) is 4.12. The van der Waals surface area contributed by atoms with E-state index in [4.69, 9.17) is 16.3 Å². The van der Waals surface area contributed by atoms with Gasteiger partial charge in [0, 0.05) is 44.6 Å². The second kappa shape index (κ2) is 7.21. The van der Waals surface area contributed by atoms with Gasteiger partial charge in [-0.3, -0.25) is 0 Å². The van der Waals surface area contributed by atoms with Gasteiger partial charge in [-0.15, -0.1) is 5.10 Å². The molecule has 0 fully saturated rings. The largest absolute Gasteiger partial charge is 0.377 e. The van der Waals surface area contributed by atoms with Crippen molar-refractivity contribution < 1.29 is 13.5 Å². The molecule has 7 nitrogen and oxygen atoms in total. The summed E-state index contributed by atoms with van der Waals surface area (Å²) >= 11 is 6.05. The molecule has 0 aliphatic rings. The van der Waals surface area contributed by atoms with E-state index in [1.165, 1.54) is 4.68 Å². The second-order valence-electron chi connectivity index (χ2n) is 7.18. The van der Waals surface area contributed by atoms with Crippen molar-refractivity contribution in [2.24, 2.45) is 0 Å². The molecule has 0 radical (unpaired) electrons. The van der Waals surface area contributed by atoms with Crippen molar-refractivity contribution in [1.82, 2.24) is 24.7 Å². The first-order chi connectivity index (χ1) is 13.0. The van der Waals surface area contributed by atoms with Gasteiger partial charge >= 0.3 is 5.92 Å². The number of nitrogens with zero attached hydrogens (tertiary/aromatic N) is 5. The molecule has 3 aromatic heterocycles. The first-order valence-electron chi connectivity index (χ1n) is 8.58. The number of halogens is 3. The Morgan fingerprint density at radius 2 is 1.93 bits per heavy atom. The maximum Gasteiger partial charge on any atom is 0.303 e. The SMILES string of the molecule is COC(C)(C)CNc1nn(-c2cc(C)nc(C(C)(F)F)n2)c2cc(Cl)ncc12. The van der Waals surface area contributed by atoms with E-state index in [1.807, 2.05) is 13.8 Å². The smallest absolute Gasteiger partial charge is 0.303 e. The third-order valence-electron chi connectivity index (χ3n) is 4.22. The molecule has 0 amide bonds. The summed E-state index contributed by atoms with van der Waals surface area (Å²) in [7, 11) is 1.62. The molecule has 0 atom stereocenters. The van der Waals surface area contributed by atoms with Crippen LogP contribution < -0.4 is 5.32 Å². The Morgan fingerprint density at radius 3 is 2.57 bits per heavy atom. The van der Waals surface area contributed by atoms with Crippen LogP contribution in [0.15, 0.2) is 18.3 Å². The molecule has 0 bridgehead atoms. The Morgan fingerprint density at radius 1 is 1.21 bits per heavy atom. The Kier molecular flexibility index (Phi) is 5.24. The standard InChI is InChI=1S/C18H21ClF2N6O/c1-10-6-14(25-16(24-10)18(4,20)21)27-12-7-13(19)22-8-11(12)15(26-27)23-9-17(2,3)28-5/h6-8H,9H2,1-5H3,(H,23,26). The van der Waals surface area contributed by atoms with Crippen molar-refractivity contribution in [2.45, 2.75) is 39.2 Å². The van der Waals surface area contributed by atoms with E-state index >= 15 is 0 Å². The zero-order chi connectivity index (χ0) is 20.7. The molecule has 1 N–H and O–H groups in total. The van der Waals surface area contributed by atoms with Gasteiger partial charge in [-0.25, -0.2) is 19.6 Å². The molecule has 3 aromatic rings. The summed E-state index contributed by atoms with van der Waals surface area (Å²) in [5.74, 6) is -3.01. The van der Waals surface area contributed by atoms with Gasteiger partial charge in [0.15, 0.2) is 11.6 Å². The number of rotatable bonds is 6. The maximum atomic E-state index is 13.8. The van der Waals surface area contributed by atoms with Crippen molar-refractivity contribution in [3.05, 3.63) is 35.0 Å². The minimum Gasteiger partial charge on any atom is -0.377 e. The number of nitrogens with one attached hydrogen (secondary N) is 1. The number of aromatic nitrogens is 5. The van der Waals surface area contributed by atoms with Crippen molar-refractivity contribution in [2.75, 3.05) is 19.0 Å². The molecular formula is C18H21ClF2N6O. The van der Waals surface area contributed by atoms with Crippen LogP contribution in [0.1, 0.15) is 32.3 Å².